The van der Waals surface area contributed by atoms with Crippen molar-refractivity contribution in [1.29, 1.82) is 5.26 Å². The number of anilines is 1. The molecule has 0 radical (unpaired) electrons. The second-order valence-corrected chi connectivity index (χ2v) is 7.34. The lowest BCUT2D eigenvalue weighted by Gasteiger charge is -2.40. The van der Waals surface area contributed by atoms with Crippen molar-refractivity contribution >= 4 is 11.7 Å². The molecule has 1 unspecified atom stereocenters. The summed E-state index contributed by atoms with van der Waals surface area (Å²) in [7, 11) is 0. The average molecular weight is 363 g/mol. The largest absolute Gasteiger partial charge is 0.349 e. The number of piperazine rings is 1. The minimum absolute atomic E-state index is 0.147. The van der Waals surface area contributed by atoms with Gasteiger partial charge in [0.2, 0.25) is 5.91 Å². The molecule has 1 atom stereocenters. The molecule has 0 spiro atoms. The van der Waals surface area contributed by atoms with Crippen molar-refractivity contribution in [1.82, 2.24) is 15.1 Å². The number of hydrogen-bond acceptors (Lipinski definition) is 5. The van der Waals surface area contributed by atoms with Gasteiger partial charge in [0.25, 0.3) is 0 Å². The summed E-state index contributed by atoms with van der Waals surface area (Å²) in [5.41, 5.74) is 2.65. The lowest BCUT2D eigenvalue weighted by molar-refractivity contribution is -0.131. The zero-order valence-electron chi connectivity index (χ0n) is 16.1. The molecular weight excluding hydrogens is 338 g/mol. The van der Waals surface area contributed by atoms with E-state index >= 15 is 0 Å². The van der Waals surface area contributed by atoms with Crippen LogP contribution in [0.15, 0.2) is 36.4 Å². The fraction of sp³-hybridized carbons (Fsp3) is 0.429. The summed E-state index contributed by atoms with van der Waals surface area (Å²) in [6.45, 7) is 8.44. The molecule has 1 aliphatic heterocycles. The molecule has 1 aromatic carbocycles. The van der Waals surface area contributed by atoms with Crippen molar-refractivity contribution in [2.45, 2.75) is 39.2 Å². The van der Waals surface area contributed by atoms with Crippen LogP contribution in [-0.4, -0.2) is 46.7 Å². The Balaban J connectivity index is 1.59. The maximum absolute atomic E-state index is 12.7. The Hall–Kier alpha value is -2.94. The van der Waals surface area contributed by atoms with Crippen LogP contribution in [0.1, 0.15) is 43.5 Å². The van der Waals surface area contributed by atoms with Gasteiger partial charge in [0.15, 0.2) is 11.5 Å². The quantitative estimate of drug-likeness (QED) is 0.835. The van der Waals surface area contributed by atoms with Crippen LogP contribution >= 0.6 is 0 Å². The van der Waals surface area contributed by atoms with Crippen LogP contribution in [0.5, 0.6) is 0 Å². The van der Waals surface area contributed by atoms with E-state index in [1.165, 1.54) is 5.56 Å². The Morgan fingerprint density at radius 2 is 1.93 bits per heavy atom. The van der Waals surface area contributed by atoms with E-state index in [1.54, 1.807) is 6.07 Å². The number of amides is 1. The Bertz CT molecular complexity index is 823. The summed E-state index contributed by atoms with van der Waals surface area (Å²) < 4.78 is 0. The van der Waals surface area contributed by atoms with Gasteiger partial charge in [0.1, 0.15) is 6.07 Å². The van der Waals surface area contributed by atoms with Gasteiger partial charge in [0.05, 0.1) is 6.42 Å². The smallest absolute Gasteiger partial charge is 0.227 e. The van der Waals surface area contributed by atoms with Crippen molar-refractivity contribution < 1.29 is 4.79 Å². The Morgan fingerprint density at radius 1 is 1.19 bits per heavy atom. The van der Waals surface area contributed by atoms with Gasteiger partial charge in [-0.05, 0) is 36.1 Å². The molecule has 0 N–H and O–H groups in total. The number of benzene rings is 1. The predicted octanol–water partition coefficient (Wildman–Crippen LogP) is 2.75. The second kappa shape index (κ2) is 8.17. The Kier molecular flexibility index (Phi) is 5.70. The van der Waals surface area contributed by atoms with Crippen LogP contribution in [0, 0.1) is 11.3 Å². The normalized spacial score (nSPS) is 17.1. The highest BCUT2D eigenvalue weighted by Gasteiger charge is 2.27. The first kappa shape index (κ1) is 18.8. The number of carbonyl (C=O) groups excluding carboxylic acids is 1. The third kappa shape index (κ3) is 4.43. The molecule has 0 aliphatic carbocycles. The van der Waals surface area contributed by atoms with E-state index in [9.17, 15) is 4.79 Å². The van der Waals surface area contributed by atoms with Crippen LogP contribution in [0.2, 0.25) is 0 Å². The molecule has 2 aromatic rings. The van der Waals surface area contributed by atoms with E-state index < -0.39 is 0 Å². The lowest BCUT2D eigenvalue weighted by atomic mass is 10.0. The molecule has 6 heteroatoms. The topological polar surface area (TPSA) is 73.1 Å². The molecule has 140 valence electrons. The Morgan fingerprint density at radius 3 is 2.48 bits per heavy atom. The van der Waals surface area contributed by atoms with Crippen molar-refractivity contribution in [2.24, 2.45) is 0 Å². The van der Waals surface area contributed by atoms with Gasteiger partial charge in [-0.2, -0.15) is 5.26 Å². The summed E-state index contributed by atoms with van der Waals surface area (Å²) in [5.74, 6) is 1.40. The Labute approximate surface area is 160 Å². The third-order valence-electron chi connectivity index (χ3n) is 5.04. The number of hydrogen-bond donors (Lipinski definition) is 0. The molecular formula is C21H25N5O. The number of nitriles is 1. The molecule has 0 bridgehead atoms. The van der Waals surface area contributed by atoms with Crippen LogP contribution in [0.3, 0.4) is 0 Å². The van der Waals surface area contributed by atoms with E-state index in [2.05, 4.69) is 60.1 Å². The maximum Gasteiger partial charge on any atom is 0.227 e. The minimum Gasteiger partial charge on any atom is -0.349 e. The van der Waals surface area contributed by atoms with E-state index in [0.29, 0.717) is 37.7 Å². The lowest BCUT2D eigenvalue weighted by Crippen LogP contribution is -2.54. The molecule has 1 aromatic heterocycles. The molecule has 1 fully saturated rings. The third-order valence-corrected chi connectivity index (χ3v) is 5.04. The van der Waals surface area contributed by atoms with Crippen molar-refractivity contribution in [3.8, 4) is 6.07 Å². The summed E-state index contributed by atoms with van der Waals surface area (Å²) in [5, 5.41) is 16.9. The average Bonchev–Trinajstić information content (AvgIpc) is 2.68. The van der Waals surface area contributed by atoms with Gasteiger partial charge in [0, 0.05) is 25.7 Å². The van der Waals surface area contributed by atoms with Crippen molar-refractivity contribution in [2.75, 3.05) is 24.5 Å². The highest BCUT2D eigenvalue weighted by atomic mass is 16.2. The first-order valence-corrected chi connectivity index (χ1v) is 9.35. The summed E-state index contributed by atoms with van der Waals surface area (Å²) in [4.78, 5) is 16.8. The van der Waals surface area contributed by atoms with E-state index in [1.807, 2.05) is 17.0 Å². The molecule has 1 aliphatic rings. The zero-order valence-corrected chi connectivity index (χ0v) is 16.1. The molecule has 1 amide bonds. The SMILES string of the molecule is CC(C)c1ccc(CC(=O)N2CCN(c3ccc(C#N)nn3)C(C)C2)cc1. The van der Waals surface area contributed by atoms with Gasteiger partial charge in [-0.25, -0.2) is 0 Å². The summed E-state index contributed by atoms with van der Waals surface area (Å²) in [6, 6.07) is 13.9. The monoisotopic (exact) mass is 363 g/mol. The van der Waals surface area contributed by atoms with Gasteiger partial charge < -0.3 is 9.80 Å². The van der Waals surface area contributed by atoms with E-state index in [0.717, 1.165) is 11.4 Å². The van der Waals surface area contributed by atoms with Crippen LogP contribution in [0.25, 0.3) is 0 Å². The zero-order chi connectivity index (χ0) is 19.4. The minimum atomic E-state index is 0.147. The van der Waals surface area contributed by atoms with Crippen molar-refractivity contribution in [3.63, 3.8) is 0 Å². The molecule has 6 nitrogen and oxygen atoms in total. The van der Waals surface area contributed by atoms with Crippen molar-refractivity contribution in [3.05, 3.63) is 53.2 Å². The first-order valence-electron chi connectivity index (χ1n) is 9.35. The van der Waals surface area contributed by atoms with Crippen LogP contribution in [0.4, 0.5) is 5.82 Å². The van der Waals surface area contributed by atoms with Crippen LogP contribution in [-0.2, 0) is 11.2 Å². The van der Waals surface area contributed by atoms with E-state index in [-0.39, 0.29) is 11.9 Å². The van der Waals surface area contributed by atoms with Gasteiger partial charge in [-0.3, -0.25) is 4.79 Å². The highest BCUT2D eigenvalue weighted by Crippen LogP contribution is 2.19. The predicted molar refractivity (Wildman–Crippen MR) is 104 cm³/mol. The van der Waals surface area contributed by atoms with Gasteiger partial charge >= 0.3 is 0 Å². The van der Waals surface area contributed by atoms with Gasteiger partial charge in [-0.1, -0.05) is 38.1 Å². The highest BCUT2D eigenvalue weighted by molar-refractivity contribution is 5.79. The first-order chi connectivity index (χ1) is 13.0. The fourth-order valence-corrected chi connectivity index (χ4v) is 3.37. The standard InChI is InChI=1S/C21H25N5O/c1-15(2)18-6-4-17(5-7-18)12-21(27)25-10-11-26(16(3)14-25)20-9-8-19(13-22)23-24-20/h4-9,15-16H,10-12,14H2,1-3H3. The molecule has 3 rings (SSSR count). The number of rotatable bonds is 4. The molecule has 2 heterocycles. The molecule has 0 saturated carbocycles. The summed E-state index contributed by atoms with van der Waals surface area (Å²) in [6.07, 6.45) is 0.432. The summed E-state index contributed by atoms with van der Waals surface area (Å²) >= 11 is 0. The number of aromatic nitrogens is 2. The maximum atomic E-state index is 12.7. The number of nitrogens with zero attached hydrogens (tertiary/aromatic N) is 5. The molecule has 27 heavy (non-hydrogen) atoms. The second-order valence-electron chi connectivity index (χ2n) is 7.34. The van der Waals surface area contributed by atoms with Crippen LogP contribution < -0.4 is 4.90 Å². The fourth-order valence-electron chi connectivity index (χ4n) is 3.37. The van der Waals surface area contributed by atoms with Gasteiger partial charge in [-0.15, -0.1) is 10.2 Å². The van der Waals surface area contributed by atoms with E-state index in [4.69, 9.17) is 5.26 Å². The molecule has 1 saturated heterocycles. The number of carbonyl (C=O) groups is 1.